The number of piperazine rings is 1. The number of hydrogen-bond acceptors (Lipinski definition) is 5. The van der Waals surface area contributed by atoms with Gasteiger partial charge in [0.05, 0.1) is 0 Å². The van der Waals surface area contributed by atoms with Crippen molar-refractivity contribution < 1.29 is 23.1 Å². The van der Waals surface area contributed by atoms with Gasteiger partial charge in [0.1, 0.15) is 6.04 Å². The Labute approximate surface area is 216 Å². The molecule has 1 unspecified atom stereocenters. The number of fused-ring (bicyclic) bond motifs is 1. The Bertz CT molecular complexity index is 1480. The van der Waals surface area contributed by atoms with E-state index in [1.54, 1.807) is 0 Å². The van der Waals surface area contributed by atoms with Crippen LogP contribution >= 0.6 is 0 Å². The summed E-state index contributed by atoms with van der Waals surface area (Å²) in [4.78, 5) is 24.3. The van der Waals surface area contributed by atoms with Crippen LogP contribution in [0.2, 0.25) is 0 Å². The molecule has 192 valence electrons. The van der Waals surface area contributed by atoms with Gasteiger partial charge in [-0.15, -0.1) is 0 Å². The van der Waals surface area contributed by atoms with Crippen LogP contribution in [0.25, 0.3) is 10.8 Å². The summed E-state index contributed by atoms with van der Waals surface area (Å²) in [6, 6.07) is 18.3. The zero-order valence-corrected chi connectivity index (χ0v) is 21.4. The highest BCUT2D eigenvalue weighted by atomic mass is 32.2. The van der Waals surface area contributed by atoms with Gasteiger partial charge in [-0.3, -0.25) is 9.59 Å². The fourth-order valence-corrected chi connectivity index (χ4v) is 5.38. The second kappa shape index (κ2) is 11.0. The first-order valence-corrected chi connectivity index (χ1v) is 13.2. The zero-order valence-electron chi connectivity index (χ0n) is 20.6. The predicted molar refractivity (Wildman–Crippen MR) is 144 cm³/mol. The number of nitrogens with zero attached hydrogens (tertiary/aromatic N) is 2. The van der Waals surface area contributed by atoms with Gasteiger partial charge in [-0.2, -0.15) is 17.4 Å². The van der Waals surface area contributed by atoms with E-state index < -0.39 is 22.2 Å². The lowest BCUT2D eigenvalue weighted by Gasteiger charge is -2.35. The minimum atomic E-state index is -3.85. The van der Waals surface area contributed by atoms with Crippen molar-refractivity contribution in [3.63, 3.8) is 0 Å². The minimum Gasteiger partial charge on any atom is -0.480 e. The Kier molecular flexibility index (Phi) is 7.78. The second-order valence-electron chi connectivity index (χ2n) is 8.82. The first-order chi connectivity index (χ1) is 17.6. The Balaban J connectivity index is 1.37. The number of benzene rings is 3. The molecular weight excluding hydrogens is 492 g/mol. The van der Waals surface area contributed by atoms with E-state index in [1.165, 1.54) is 18.2 Å². The van der Waals surface area contributed by atoms with Gasteiger partial charge in [0.2, 0.25) is 5.91 Å². The first-order valence-electron chi connectivity index (χ1n) is 11.8. The molecular formula is C27H28N4O5S. The van der Waals surface area contributed by atoms with E-state index in [1.807, 2.05) is 60.7 Å². The van der Waals surface area contributed by atoms with E-state index in [-0.39, 0.29) is 19.0 Å². The second-order valence-corrected chi connectivity index (χ2v) is 10.5. The number of carboxylic acids is 1. The molecule has 0 saturated carbocycles. The van der Waals surface area contributed by atoms with Gasteiger partial charge < -0.3 is 15.3 Å². The third kappa shape index (κ3) is 6.65. The van der Waals surface area contributed by atoms with Crippen LogP contribution in [-0.2, 0) is 19.8 Å². The maximum atomic E-state index is 12.4. The molecule has 0 bridgehead atoms. The average molecular weight is 521 g/mol. The van der Waals surface area contributed by atoms with Crippen molar-refractivity contribution in [2.75, 3.05) is 36.4 Å². The molecule has 0 aromatic heterocycles. The van der Waals surface area contributed by atoms with Crippen molar-refractivity contribution in [3.8, 4) is 11.8 Å². The highest BCUT2D eigenvalue weighted by Crippen LogP contribution is 2.21. The molecule has 1 amide bonds. The Morgan fingerprint density at radius 2 is 1.49 bits per heavy atom. The van der Waals surface area contributed by atoms with E-state index in [0.717, 1.165) is 33.3 Å². The molecule has 1 aliphatic heterocycles. The van der Waals surface area contributed by atoms with E-state index in [9.17, 15) is 18.0 Å². The summed E-state index contributed by atoms with van der Waals surface area (Å²) < 4.78 is 28.3. The molecule has 0 radical (unpaired) electrons. The molecule has 1 fully saturated rings. The smallest absolute Gasteiger partial charge is 0.321 e. The third-order valence-corrected chi connectivity index (χ3v) is 7.72. The summed E-state index contributed by atoms with van der Waals surface area (Å²) in [6.45, 7) is 4.29. The topological polar surface area (TPSA) is 119 Å². The van der Waals surface area contributed by atoms with Crippen molar-refractivity contribution in [3.05, 3.63) is 71.8 Å². The summed E-state index contributed by atoms with van der Waals surface area (Å²) >= 11 is 0. The van der Waals surface area contributed by atoms with Gasteiger partial charge in [0.15, 0.2) is 0 Å². The Morgan fingerprint density at radius 3 is 2.14 bits per heavy atom. The highest BCUT2D eigenvalue weighted by Gasteiger charge is 2.29. The maximum Gasteiger partial charge on any atom is 0.321 e. The monoisotopic (exact) mass is 520 g/mol. The molecule has 1 saturated heterocycles. The van der Waals surface area contributed by atoms with Crippen LogP contribution in [-0.4, -0.2) is 61.9 Å². The molecule has 3 N–H and O–H groups in total. The van der Waals surface area contributed by atoms with Gasteiger partial charge in [-0.25, -0.2) is 0 Å². The number of anilines is 2. The van der Waals surface area contributed by atoms with Crippen molar-refractivity contribution in [1.82, 2.24) is 9.03 Å². The standard InChI is InChI=1S/C27H28N4O5S/c1-19(27(33)34)29-37(35,36)31-15-13-30(14-16-31)26-11-6-21(7-12-26)3-4-22-5-8-24-18-25(28-20(2)32)10-9-23(24)17-22/h5-12,17-19,29H,13-16H2,1-2H3,(H,28,32)(H,33,34). The fraction of sp³-hybridized carbons (Fsp3) is 0.259. The molecule has 0 spiro atoms. The third-order valence-electron chi connectivity index (χ3n) is 6.02. The molecule has 1 atom stereocenters. The van der Waals surface area contributed by atoms with Crippen LogP contribution < -0.4 is 14.9 Å². The Morgan fingerprint density at radius 1 is 0.892 bits per heavy atom. The molecule has 1 aliphatic rings. The molecule has 9 nitrogen and oxygen atoms in total. The maximum absolute atomic E-state index is 12.4. The zero-order chi connectivity index (χ0) is 26.6. The number of carbonyl (C=O) groups is 2. The summed E-state index contributed by atoms with van der Waals surface area (Å²) in [5.74, 6) is 5.04. The van der Waals surface area contributed by atoms with E-state index in [0.29, 0.717) is 13.1 Å². The van der Waals surface area contributed by atoms with Gasteiger partial charge in [-0.05, 0) is 66.2 Å². The van der Waals surface area contributed by atoms with Crippen LogP contribution in [0.3, 0.4) is 0 Å². The molecule has 10 heteroatoms. The van der Waals surface area contributed by atoms with E-state index >= 15 is 0 Å². The lowest BCUT2D eigenvalue weighted by Crippen LogP contribution is -2.54. The lowest BCUT2D eigenvalue weighted by atomic mass is 10.1. The van der Waals surface area contributed by atoms with Gasteiger partial charge in [-0.1, -0.05) is 24.0 Å². The van der Waals surface area contributed by atoms with Crippen molar-refractivity contribution in [2.45, 2.75) is 19.9 Å². The lowest BCUT2D eigenvalue weighted by molar-refractivity contribution is -0.138. The van der Waals surface area contributed by atoms with E-state index in [2.05, 4.69) is 26.8 Å². The number of carbonyl (C=O) groups excluding carboxylic acids is 1. The number of hydrogen-bond donors (Lipinski definition) is 3. The quantitative estimate of drug-likeness (QED) is 0.430. The molecule has 4 rings (SSSR count). The molecule has 0 aliphatic carbocycles. The highest BCUT2D eigenvalue weighted by molar-refractivity contribution is 7.87. The summed E-state index contributed by atoms with van der Waals surface area (Å²) in [7, 11) is -3.85. The minimum absolute atomic E-state index is 0.108. The molecule has 3 aromatic rings. The molecule has 1 heterocycles. The van der Waals surface area contributed by atoms with Crippen LogP contribution in [0.15, 0.2) is 60.7 Å². The molecule has 37 heavy (non-hydrogen) atoms. The number of carboxylic acid groups (broad SMARTS) is 1. The van der Waals surface area contributed by atoms with Crippen molar-refractivity contribution in [2.24, 2.45) is 0 Å². The first kappa shape index (κ1) is 26.2. The van der Waals surface area contributed by atoms with Crippen LogP contribution in [0.4, 0.5) is 11.4 Å². The number of amides is 1. The summed E-state index contributed by atoms with van der Waals surface area (Å²) in [6.07, 6.45) is 0. The average Bonchev–Trinajstić information content (AvgIpc) is 2.87. The van der Waals surface area contributed by atoms with Gasteiger partial charge in [0.25, 0.3) is 10.2 Å². The largest absolute Gasteiger partial charge is 0.480 e. The fourth-order valence-electron chi connectivity index (χ4n) is 4.04. The van der Waals surface area contributed by atoms with Crippen LogP contribution in [0.5, 0.6) is 0 Å². The van der Waals surface area contributed by atoms with Gasteiger partial charge >= 0.3 is 5.97 Å². The van der Waals surface area contributed by atoms with Gasteiger partial charge in [0, 0.05) is 55.6 Å². The van der Waals surface area contributed by atoms with Crippen molar-refractivity contribution in [1.29, 1.82) is 0 Å². The number of nitrogens with one attached hydrogen (secondary N) is 2. The summed E-state index contributed by atoms with van der Waals surface area (Å²) in [5.41, 5.74) is 3.46. The molecule has 3 aromatic carbocycles. The Hall–Kier alpha value is -3.91. The SMILES string of the molecule is CC(=O)Nc1ccc2cc(C#Cc3ccc(N4CCN(S(=O)(=O)NC(C)C(=O)O)CC4)cc3)ccc2c1. The van der Waals surface area contributed by atoms with Crippen molar-refractivity contribution >= 4 is 44.2 Å². The van der Waals surface area contributed by atoms with E-state index in [4.69, 9.17) is 5.11 Å². The number of aliphatic carboxylic acids is 1. The predicted octanol–water partition coefficient (Wildman–Crippen LogP) is 2.63. The van der Waals surface area contributed by atoms with Crippen LogP contribution in [0.1, 0.15) is 25.0 Å². The van der Waals surface area contributed by atoms with Crippen LogP contribution in [0, 0.1) is 11.8 Å². The normalized spacial score (nSPS) is 15.0. The number of rotatable bonds is 6. The summed E-state index contributed by atoms with van der Waals surface area (Å²) in [5, 5.41) is 13.8.